The van der Waals surface area contributed by atoms with E-state index in [0.717, 1.165) is 12.4 Å². The SMILES string of the molecule is C.NC1=N[C@@]2(c3cc(NC(=O)c4cnc(OC(F)F)cn4)ccc3F)CCO[C@H](CF)[C@H]2CS1. The third-order valence-electron chi connectivity index (χ3n) is 5.51. The molecule has 0 spiro atoms. The zero-order valence-electron chi connectivity index (χ0n) is 17.0. The van der Waals surface area contributed by atoms with Crippen LogP contribution in [-0.2, 0) is 10.3 Å². The summed E-state index contributed by atoms with van der Waals surface area (Å²) in [4.78, 5) is 24.4. The van der Waals surface area contributed by atoms with Gasteiger partial charge in [0.1, 0.15) is 18.2 Å². The fraction of sp³-hybridized carbons (Fsp3) is 0.429. The van der Waals surface area contributed by atoms with Crippen LogP contribution in [0.15, 0.2) is 35.6 Å². The highest BCUT2D eigenvalue weighted by Crippen LogP contribution is 2.48. The van der Waals surface area contributed by atoms with Crippen LogP contribution in [0.2, 0.25) is 0 Å². The highest BCUT2D eigenvalue weighted by molar-refractivity contribution is 8.13. The van der Waals surface area contributed by atoms with Gasteiger partial charge in [-0.1, -0.05) is 19.2 Å². The van der Waals surface area contributed by atoms with Crippen molar-refractivity contribution in [1.29, 1.82) is 0 Å². The lowest BCUT2D eigenvalue weighted by molar-refractivity contribution is -0.0714. The molecule has 0 bridgehead atoms. The second-order valence-electron chi connectivity index (χ2n) is 7.37. The first-order chi connectivity index (χ1) is 15.8. The van der Waals surface area contributed by atoms with Gasteiger partial charge in [-0.25, -0.2) is 18.7 Å². The smallest absolute Gasteiger partial charge is 0.388 e. The van der Waals surface area contributed by atoms with Crippen LogP contribution in [0.1, 0.15) is 29.9 Å². The molecule has 0 radical (unpaired) electrons. The Labute approximate surface area is 197 Å². The normalized spacial score (nSPS) is 24.0. The number of fused-ring (bicyclic) bond motifs is 1. The number of halogens is 4. The number of carbonyl (C=O) groups is 1. The molecule has 1 fully saturated rings. The molecule has 34 heavy (non-hydrogen) atoms. The minimum Gasteiger partial charge on any atom is -0.415 e. The Bertz CT molecular complexity index is 1060. The third kappa shape index (κ3) is 5.09. The first kappa shape index (κ1) is 25.7. The number of anilines is 1. The van der Waals surface area contributed by atoms with E-state index in [1.54, 1.807) is 0 Å². The molecule has 3 N–H and O–H groups in total. The molecule has 2 aliphatic heterocycles. The summed E-state index contributed by atoms with van der Waals surface area (Å²) < 4.78 is 62.8. The molecule has 3 atom stereocenters. The lowest BCUT2D eigenvalue weighted by Gasteiger charge is -2.47. The van der Waals surface area contributed by atoms with Crippen LogP contribution in [0.3, 0.4) is 0 Å². The zero-order valence-corrected chi connectivity index (χ0v) is 17.8. The van der Waals surface area contributed by atoms with E-state index >= 15 is 4.39 Å². The molecule has 8 nitrogen and oxygen atoms in total. The number of hydrogen-bond acceptors (Lipinski definition) is 8. The number of nitrogens with one attached hydrogen (secondary N) is 1. The average Bonchev–Trinajstić information content (AvgIpc) is 2.79. The number of ether oxygens (including phenoxy) is 2. The molecule has 1 amide bonds. The molecule has 2 aliphatic rings. The molecule has 4 rings (SSSR count). The van der Waals surface area contributed by atoms with E-state index in [9.17, 15) is 18.0 Å². The summed E-state index contributed by atoms with van der Waals surface area (Å²) in [6, 6.07) is 3.95. The highest BCUT2D eigenvalue weighted by Gasteiger charge is 2.51. The van der Waals surface area contributed by atoms with Gasteiger partial charge in [0, 0.05) is 35.9 Å². The maximum atomic E-state index is 15.0. The van der Waals surface area contributed by atoms with E-state index in [1.807, 2.05) is 0 Å². The van der Waals surface area contributed by atoms with Crippen molar-refractivity contribution in [2.24, 2.45) is 16.6 Å². The Morgan fingerprint density at radius 2 is 2.15 bits per heavy atom. The predicted molar refractivity (Wildman–Crippen MR) is 119 cm³/mol. The first-order valence-electron chi connectivity index (χ1n) is 9.86. The molecular weight excluding hydrogens is 478 g/mol. The Morgan fingerprint density at radius 3 is 2.82 bits per heavy atom. The highest BCUT2D eigenvalue weighted by atomic mass is 32.2. The van der Waals surface area contributed by atoms with E-state index in [4.69, 9.17) is 10.5 Å². The van der Waals surface area contributed by atoms with Crippen molar-refractivity contribution >= 4 is 28.5 Å². The van der Waals surface area contributed by atoms with Crippen molar-refractivity contribution in [2.75, 3.05) is 24.4 Å². The summed E-state index contributed by atoms with van der Waals surface area (Å²) in [5.74, 6) is -1.77. The summed E-state index contributed by atoms with van der Waals surface area (Å²) >= 11 is 1.26. The number of amidine groups is 1. The predicted octanol–water partition coefficient (Wildman–Crippen LogP) is 3.74. The summed E-state index contributed by atoms with van der Waals surface area (Å²) in [6.07, 6.45) is 1.39. The van der Waals surface area contributed by atoms with Crippen molar-refractivity contribution in [3.63, 3.8) is 0 Å². The standard InChI is InChI=1S/C20H19F4N5O3S.CH4/c21-6-15-12-9-33-19(25)29-20(12,3-4-31-15)11-5-10(1-2-13(11)22)28-17(30)14-7-27-16(8-26-14)32-18(23)24;/h1-2,5,7-8,12,15,18H,3-4,6,9H2,(H2,25,29)(H,28,30);1H4/t12-,15-,20-;/m1./s1. The van der Waals surface area contributed by atoms with Gasteiger partial charge in [0.15, 0.2) is 5.17 Å². The number of rotatable bonds is 6. The lowest BCUT2D eigenvalue weighted by atomic mass is 9.72. The van der Waals surface area contributed by atoms with Gasteiger partial charge in [0.25, 0.3) is 5.91 Å². The third-order valence-corrected chi connectivity index (χ3v) is 6.42. The number of benzene rings is 1. The Balaban J connectivity index is 0.00000324. The molecule has 1 saturated heterocycles. The van der Waals surface area contributed by atoms with E-state index < -0.39 is 48.5 Å². The zero-order chi connectivity index (χ0) is 23.6. The number of nitrogens with two attached hydrogens (primary N) is 1. The maximum Gasteiger partial charge on any atom is 0.388 e. The molecule has 184 valence electrons. The fourth-order valence-electron chi connectivity index (χ4n) is 4.03. The van der Waals surface area contributed by atoms with Gasteiger partial charge in [-0.3, -0.25) is 9.79 Å². The molecular formula is C21H23F4N5O3S. The van der Waals surface area contributed by atoms with Gasteiger partial charge >= 0.3 is 6.61 Å². The first-order valence-corrected chi connectivity index (χ1v) is 10.8. The number of hydrogen-bond donors (Lipinski definition) is 2. The Hall–Kier alpha value is -2.93. The lowest BCUT2D eigenvalue weighted by Crippen LogP contribution is -2.52. The quantitative estimate of drug-likeness (QED) is 0.580. The van der Waals surface area contributed by atoms with Crippen molar-refractivity contribution in [1.82, 2.24) is 9.97 Å². The largest absolute Gasteiger partial charge is 0.415 e. The van der Waals surface area contributed by atoms with Gasteiger partial charge in [-0.15, -0.1) is 0 Å². The Kier molecular flexibility index (Phi) is 7.97. The summed E-state index contributed by atoms with van der Waals surface area (Å²) in [7, 11) is 0. The van der Waals surface area contributed by atoms with E-state index in [-0.39, 0.29) is 36.1 Å². The van der Waals surface area contributed by atoms with Crippen LogP contribution in [0, 0.1) is 11.7 Å². The minimum absolute atomic E-state index is 0. The Morgan fingerprint density at radius 1 is 1.35 bits per heavy atom. The molecule has 1 aromatic carbocycles. The van der Waals surface area contributed by atoms with Gasteiger partial charge in [-0.2, -0.15) is 8.78 Å². The van der Waals surface area contributed by atoms with Crippen molar-refractivity contribution in [3.05, 3.63) is 47.7 Å². The van der Waals surface area contributed by atoms with Crippen molar-refractivity contribution in [2.45, 2.75) is 32.1 Å². The maximum absolute atomic E-state index is 15.0. The number of aromatic nitrogens is 2. The van der Waals surface area contributed by atoms with Crippen LogP contribution in [0.4, 0.5) is 23.2 Å². The van der Waals surface area contributed by atoms with E-state index in [0.29, 0.717) is 12.2 Å². The van der Waals surface area contributed by atoms with Crippen LogP contribution in [0.5, 0.6) is 5.88 Å². The second kappa shape index (κ2) is 10.6. The number of carbonyl (C=O) groups excluding carboxylic acids is 1. The van der Waals surface area contributed by atoms with Gasteiger partial charge in [-0.05, 0) is 18.2 Å². The molecule has 13 heteroatoms. The molecule has 1 aromatic heterocycles. The van der Waals surface area contributed by atoms with E-state index in [1.165, 1.54) is 30.0 Å². The van der Waals surface area contributed by atoms with Crippen LogP contribution < -0.4 is 15.8 Å². The minimum atomic E-state index is -3.07. The van der Waals surface area contributed by atoms with Gasteiger partial charge in [0.2, 0.25) is 5.88 Å². The fourth-order valence-corrected chi connectivity index (χ4v) is 5.09. The number of amides is 1. The average molecular weight is 502 g/mol. The van der Waals surface area contributed by atoms with E-state index in [2.05, 4.69) is 25.0 Å². The summed E-state index contributed by atoms with van der Waals surface area (Å²) in [6.45, 7) is -3.65. The molecule has 3 heterocycles. The number of aliphatic imine (C=N–C) groups is 1. The van der Waals surface area contributed by atoms with Crippen molar-refractivity contribution in [3.8, 4) is 5.88 Å². The number of alkyl halides is 3. The van der Waals surface area contributed by atoms with Crippen LogP contribution in [0.25, 0.3) is 0 Å². The van der Waals surface area contributed by atoms with Crippen molar-refractivity contribution < 1.29 is 31.8 Å². The van der Waals surface area contributed by atoms with Gasteiger partial charge < -0.3 is 20.5 Å². The molecule has 0 saturated carbocycles. The summed E-state index contributed by atoms with van der Waals surface area (Å²) in [5.41, 5.74) is 5.05. The van der Waals surface area contributed by atoms with Gasteiger partial charge in [0.05, 0.1) is 24.0 Å². The summed E-state index contributed by atoms with van der Waals surface area (Å²) in [5, 5.41) is 2.83. The monoisotopic (exact) mass is 501 g/mol. The van der Waals surface area contributed by atoms with Crippen LogP contribution >= 0.6 is 11.8 Å². The molecule has 0 aliphatic carbocycles. The molecule has 0 unspecified atom stereocenters. The topological polar surface area (TPSA) is 112 Å². The number of nitrogens with zero attached hydrogens (tertiary/aromatic N) is 3. The second-order valence-corrected chi connectivity index (χ2v) is 8.41. The van der Waals surface area contributed by atoms with Crippen LogP contribution in [-0.4, -0.2) is 52.8 Å². The number of thioether (sulfide) groups is 1. The molecule has 2 aromatic rings.